The van der Waals surface area contributed by atoms with Gasteiger partial charge in [-0.1, -0.05) is 11.6 Å². The van der Waals surface area contributed by atoms with Crippen molar-refractivity contribution in [3.05, 3.63) is 74.4 Å². The molecule has 0 aliphatic rings. The van der Waals surface area contributed by atoms with Crippen molar-refractivity contribution >= 4 is 40.2 Å². The summed E-state index contributed by atoms with van der Waals surface area (Å²) in [5.74, 6) is -0.843. The molecule has 4 rings (SSSR count). The van der Waals surface area contributed by atoms with Crippen molar-refractivity contribution in [3.63, 3.8) is 0 Å². The average Bonchev–Trinajstić information content (AvgIpc) is 3.19. The van der Waals surface area contributed by atoms with Gasteiger partial charge in [-0.15, -0.1) is 0 Å². The van der Waals surface area contributed by atoms with Gasteiger partial charge < -0.3 is 24.6 Å². The average molecular weight is 607 g/mol. The standard InChI is InChI=1S/C27H25ClF2N4O8/c1-32-25(37)16-6-5-15(11-20(16)34(32)27(38)39)31-24(36)19(8-9-40-2)33-13-22(41-3)18(12-23(33)35)17-10-14(28)4-7-21(17)42-26(29)30/h4-7,10-13,19,26H,8-9H2,1-3H3,(H,31,36)(H,38,39). The molecule has 0 aliphatic heterocycles. The number of amides is 1. The van der Waals surface area contributed by atoms with Crippen molar-refractivity contribution in [1.82, 2.24) is 13.9 Å². The van der Waals surface area contributed by atoms with Crippen molar-refractivity contribution in [2.24, 2.45) is 7.05 Å². The number of halogens is 3. The number of hydrogen-bond donors (Lipinski definition) is 2. The van der Waals surface area contributed by atoms with Crippen molar-refractivity contribution in [3.8, 4) is 22.6 Å². The molecule has 222 valence electrons. The van der Waals surface area contributed by atoms with Crippen LogP contribution in [0.1, 0.15) is 12.5 Å². The molecule has 2 aromatic heterocycles. The first-order valence-corrected chi connectivity index (χ1v) is 12.6. The largest absolute Gasteiger partial charge is 0.495 e. The van der Waals surface area contributed by atoms with E-state index in [1.54, 1.807) is 0 Å². The number of methoxy groups -OCH3 is 2. The summed E-state index contributed by atoms with van der Waals surface area (Å²) in [7, 11) is 4.01. The Morgan fingerprint density at radius 1 is 1.05 bits per heavy atom. The van der Waals surface area contributed by atoms with Crippen LogP contribution in [-0.2, 0) is 16.6 Å². The Hall–Kier alpha value is -4.69. The van der Waals surface area contributed by atoms with Crippen LogP contribution in [0.3, 0.4) is 0 Å². The number of alkyl halides is 2. The molecule has 1 atom stereocenters. The van der Waals surface area contributed by atoms with E-state index in [1.807, 2.05) is 0 Å². The first kappa shape index (κ1) is 30.3. The molecule has 15 heteroatoms. The van der Waals surface area contributed by atoms with Gasteiger partial charge in [0, 0.05) is 55.1 Å². The lowest BCUT2D eigenvalue weighted by Crippen LogP contribution is -2.34. The first-order chi connectivity index (χ1) is 20.0. The van der Waals surface area contributed by atoms with E-state index in [2.05, 4.69) is 10.1 Å². The maximum Gasteiger partial charge on any atom is 0.431 e. The Morgan fingerprint density at radius 2 is 1.76 bits per heavy atom. The molecule has 1 unspecified atom stereocenters. The number of anilines is 1. The van der Waals surface area contributed by atoms with Crippen LogP contribution in [0, 0.1) is 0 Å². The zero-order valence-corrected chi connectivity index (χ0v) is 23.2. The molecular weight excluding hydrogens is 582 g/mol. The zero-order valence-electron chi connectivity index (χ0n) is 22.5. The van der Waals surface area contributed by atoms with Gasteiger partial charge in [0.05, 0.1) is 24.2 Å². The van der Waals surface area contributed by atoms with Gasteiger partial charge in [0.15, 0.2) is 0 Å². The third kappa shape index (κ3) is 5.99. The van der Waals surface area contributed by atoms with E-state index in [0.717, 1.165) is 20.0 Å². The number of rotatable bonds is 10. The number of fused-ring (bicyclic) bond motifs is 1. The molecule has 0 aliphatic carbocycles. The lowest BCUT2D eigenvalue weighted by Gasteiger charge is -2.21. The Balaban J connectivity index is 1.76. The summed E-state index contributed by atoms with van der Waals surface area (Å²) in [5, 5.41) is 12.5. The maximum atomic E-state index is 13.5. The monoisotopic (exact) mass is 606 g/mol. The molecule has 0 saturated heterocycles. The van der Waals surface area contributed by atoms with E-state index in [1.165, 1.54) is 63.9 Å². The van der Waals surface area contributed by atoms with Gasteiger partial charge in [0.1, 0.15) is 17.5 Å². The van der Waals surface area contributed by atoms with E-state index in [-0.39, 0.29) is 57.3 Å². The molecule has 0 spiro atoms. The second kappa shape index (κ2) is 12.4. The first-order valence-electron chi connectivity index (χ1n) is 12.3. The number of nitrogens with one attached hydrogen (secondary N) is 1. The van der Waals surface area contributed by atoms with Gasteiger partial charge in [-0.25, -0.2) is 9.48 Å². The van der Waals surface area contributed by atoms with Crippen LogP contribution in [0.5, 0.6) is 11.5 Å². The minimum absolute atomic E-state index is 0.0368. The van der Waals surface area contributed by atoms with E-state index < -0.39 is 35.8 Å². The fraction of sp³-hybridized carbons (Fsp3) is 0.259. The third-order valence-corrected chi connectivity index (χ3v) is 6.68. The summed E-state index contributed by atoms with van der Waals surface area (Å²) in [5.41, 5.74) is -0.828. The number of nitrogens with zero attached hydrogens (tertiary/aromatic N) is 3. The Bertz CT molecular complexity index is 1780. The number of benzene rings is 2. The Morgan fingerprint density at radius 3 is 2.40 bits per heavy atom. The second-order valence-corrected chi connectivity index (χ2v) is 9.40. The highest BCUT2D eigenvalue weighted by Gasteiger charge is 2.25. The smallest absolute Gasteiger partial charge is 0.431 e. The van der Waals surface area contributed by atoms with E-state index in [0.29, 0.717) is 0 Å². The maximum absolute atomic E-state index is 13.5. The van der Waals surface area contributed by atoms with Crippen LogP contribution >= 0.6 is 11.6 Å². The molecule has 12 nitrogen and oxygen atoms in total. The summed E-state index contributed by atoms with van der Waals surface area (Å²) in [6.45, 7) is -3.07. The summed E-state index contributed by atoms with van der Waals surface area (Å²) in [4.78, 5) is 51.0. The SMILES string of the molecule is COCCC(C(=O)Nc1ccc2c(=O)n(C)n(C(=O)O)c2c1)n1cc(OC)c(-c2cc(Cl)ccc2OC(F)F)cc1=O. The molecule has 1 amide bonds. The van der Waals surface area contributed by atoms with Crippen molar-refractivity contribution in [2.75, 3.05) is 26.1 Å². The van der Waals surface area contributed by atoms with Crippen LogP contribution < -0.4 is 25.9 Å². The highest BCUT2D eigenvalue weighted by molar-refractivity contribution is 6.31. The topological polar surface area (TPSA) is 143 Å². The molecule has 0 saturated carbocycles. The molecular formula is C27H25ClF2N4O8. The Labute approximate surface area is 241 Å². The van der Waals surface area contributed by atoms with Gasteiger partial charge in [0.25, 0.3) is 11.1 Å². The number of pyridine rings is 1. The van der Waals surface area contributed by atoms with Crippen LogP contribution in [-0.4, -0.2) is 58.5 Å². The van der Waals surface area contributed by atoms with E-state index in [9.17, 15) is 33.1 Å². The second-order valence-electron chi connectivity index (χ2n) is 8.96. The van der Waals surface area contributed by atoms with Crippen LogP contribution in [0.4, 0.5) is 19.3 Å². The predicted molar refractivity (Wildman–Crippen MR) is 149 cm³/mol. The summed E-state index contributed by atoms with van der Waals surface area (Å²) >= 11 is 6.08. The molecule has 0 radical (unpaired) electrons. The summed E-state index contributed by atoms with van der Waals surface area (Å²) in [6, 6.07) is 8.02. The lowest BCUT2D eigenvalue weighted by molar-refractivity contribution is -0.119. The van der Waals surface area contributed by atoms with Gasteiger partial charge in [-0.3, -0.25) is 19.0 Å². The van der Waals surface area contributed by atoms with Gasteiger partial charge >= 0.3 is 12.7 Å². The third-order valence-electron chi connectivity index (χ3n) is 6.44. The number of ether oxygens (including phenoxy) is 3. The zero-order chi connectivity index (χ0) is 30.7. The normalized spacial score (nSPS) is 12.0. The predicted octanol–water partition coefficient (Wildman–Crippen LogP) is 4.17. The van der Waals surface area contributed by atoms with Gasteiger partial charge in [-0.2, -0.15) is 13.5 Å². The molecule has 2 heterocycles. The molecule has 0 bridgehead atoms. The minimum atomic E-state index is -3.14. The van der Waals surface area contributed by atoms with Crippen LogP contribution in [0.15, 0.2) is 58.3 Å². The molecule has 2 aromatic carbocycles. The fourth-order valence-electron chi connectivity index (χ4n) is 4.53. The Kier molecular flexibility index (Phi) is 8.97. The molecule has 4 aromatic rings. The fourth-order valence-corrected chi connectivity index (χ4v) is 4.70. The van der Waals surface area contributed by atoms with E-state index in [4.69, 9.17) is 21.1 Å². The molecule has 42 heavy (non-hydrogen) atoms. The van der Waals surface area contributed by atoms with Crippen LogP contribution in [0.2, 0.25) is 5.02 Å². The van der Waals surface area contributed by atoms with Crippen molar-refractivity contribution < 1.29 is 37.7 Å². The molecule has 2 N–H and O–H groups in total. The number of carbonyl (C=O) groups is 2. The minimum Gasteiger partial charge on any atom is -0.495 e. The highest BCUT2D eigenvalue weighted by atomic mass is 35.5. The number of carbonyl (C=O) groups excluding carboxylic acids is 1. The highest BCUT2D eigenvalue weighted by Crippen LogP contribution is 2.38. The molecule has 0 fully saturated rings. The quantitative estimate of drug-likeness (QED) is 0.274. The van der Waals surface area contributed by atoms with Gasteiger partial charge in [0.2, 0.25) is 5.91 Å². The number of carboxylic acid groups (broad SMARTS) is 1. The number of hydrogen-bond acceptors (Lipinski definition) is 7. The summed E-state index contributed by atoms with van der Waals surface area (Å²) < 4.78 is 44.0. The van der Waals surface area contributed by atoms with Crippen molar-refractivity contribution in [2.45, 2.75) is 19.1 Å². The van der Waals surface area contributed by atoms with Gasteiger partial charge in [-0.05, 0) is 36.4 Å². The van der Waals surface area contributed by atoms with Crippen LogP contribution in [0.25, 0.3) is 22.0 Å². The van der Waals surface area contributed by atoms with E-state index >= 15 is 0 Å². The summed E-state index contributed by atoms with van der Waals surface area (Å²) in [6.07, 6.45) is -0.103. The number of aromatic nitrogens is 3. The van der Waals surface area contributed by atoms with Crippen molar-refractivity contribution in [1.29, 1.82) is 0 Å². The lowest BCUT2D eigenvalue weighted by atomic mass is 10.0.